The van der Waals surface area contributed by atoms with Crippen LogP contribution in [0.5, 0.6) is 5.75 Å². The summed E-state index contributed by atoms with van der Waals surface area (Å²) in [6.07, 6.45) is 3.43. The smallest absolute Gasteiger partial charge is 0.420 e. The third-order valence-electron chi connectivity index (χ3n) is 5.10. The van der Waals surface area contributed by atoms with Gasteiger partial charge < -0.3 is 14.6 Å². The Kier molecular flexibility index (Phi) is 6.03. The summed E-state index contributed by atoms with van der Waals surface area (Å²) in [6, 6.07) is 12.8. The number of hydrogen-bond donors (Lipinski definition) is 1. The minimum absolute atomic E-state index is 0.122. The van der Waals surface area contributed by atoms with E-state index >= 15 is 0 Å². The van der Waals surface area contributed by atoms with E-state index in [0.717, 1.165) is 22.5 Å². The zero-order valence-corrected chi connectivity index (χ0v) is 18.9. The number of pyridine rings is 1. The van der Waals surface area contributed by atoms with E-state index in [4.69, 9.17) is 16.6 Å². The number of fused-ring (bicyclic) bond motifs is 1. The Labute approximate surface area is 194 Å². The van der Waals surface area contributed by atoms with E-state index in [0.29, 0.717) is 16.8 Å². The number of hydrogen-bond acceptors (Lipinski definition) is 4. The van der Waals surface area contributed by atoms with Crippen LogP contribution in [-0.4, -0.2) is 26.0 Å². The maximum absolute atomic E-state index is 13.0. The summed E-state index contributed by atoms with van der Waals surface area (Å²) in [5, 5.41) is 2.77. The lowest BCUT2D eigenvalue weighted by molar-refractivity contribution is -0.0964. The molecule has 0 aliphatic carbocycles. The molecule has 0 fully saturated rings. The third kappa shape index (κ3) is 4.96. The average molecular weight is 471 g/mol. The summed E-state index contributed by atoms with van der Waals surface area (Å²) in [6.45, 7) is 4.12. The first-order valence-corrected chi connectivity index (χ1v) is 10.6. The van der Waals surface area contributed by atoms with Crippen molar-refractivity contribution in [1.29, 1.82) is 0 Å². The molecule has 9 heteroatoms. The molecule has 0 aliphatic heterocycles. The molecule has 2 heterocycles. The molecule has 170 valence electrons. The van der Waals surface area contributed by atoms with Gasteiger partial charge in [-0.05, 0) is 42.5 Å². The minimum Gasteiger partial charge on any atom is -0.420 e. The number of imidazole rings is 1. The largest absolute Gasteiger partial charge is 0.487 e. The van der Waals surface area contributed by atoms with Crippen LogP contribution in [0.4, 0.5) is 14.5 Å². The molecule has 6 nitrogen and oxygen atoms in total. The first kappa shape index (κ1) is 22.7. The zero-order chi connectivity index (χ0) is 23.8. The Morgan fingerprint density at radius 3 is 2.52 bits per heavy atom. The van der Waals surface area contributed by atoms with Gasteiger partial charge in [0, 0.05) is 59.3 Å². The summed E-state index contributed by atoms with van der Waals surface area (Å²) >= 11 is 4.78. The number of nitrogens with zero attached hydrogens (tertiary/aromatic N) is 3. The number of ether oxygens (including phenoxy) is 1. The van der Waals surface area contributed by atoms with Gasteiger partial charge in [-0.2, -0.15) is 0 Å². The predicted molar refractivity (Wildman–Crippen MR) is 124 cm³/mol. The number of anilines is 1. The number of benzene rings is 2. The molecule has 1 N–H and O–H groups in total. The number of amides is 1. The summed E-state index contributed by atoms with van der Waals surface area (Å²) in [5.74, 6) is 0.611. The fourth-order valence-corrected chi connectivity index (χ4v) is 3.79. The van der Waals surface area contributed by atoms with Gasteiger partial charge >= 0.3 is 5.57 Å². The molecule has 0 saturated heterocycles. The van der Waals surface area contributed by atoms with Crippen LogP contribution in [-0.2, 0) is 7.05 Å². The van der Waals surface area contributed by atoms with Gasteiger partial charge in [0.15, 0.2) is 0 Å². The van der Waals surface area contributed by atoms with Crippen molar-refractivity contribution in [3.05, 3.63) is 72.3 Å². The van der Waals surface area contributed by atoms with Crippen LogP contribution in [0.3, 0.4) is 0 Å². The van der Waals surface area contributed by atoms with E-state index in [9.17, 15) is 13.6 Å². The van der Waals surface area contributed by atoms with Crippen molar-refractivity contribution in [2.24, 2.45) is 7.05 Å². The van der Waals surface area contributed by atoms with Crippen molar-refractivity contribution in [2.45, 2.75) is 25.3 Å². The molecule has 33 heavy (non-hydrogen) atoms. The molecule has 0 atom stereocenters. The lowest BCUT2D eigenvalue weighted by Crippen LogP contribution is -2.16. The number of aryl methyl sites for hydroxylation is 1. The number of aromatic nitrogens is 3. The number of halogens is 3. The maximum Gasteiger partial charge on any atom is 0.487 e. The van der Waals surface area contributed by atoms with Crippen molar-refractivity contribution >= 4 is 34.2 Å². The van der Waals surface area contributed by atoms with E-state index in [1.165, 1.54) is 24.3 Å². The van der Waals surface area contributed by atoms with Crippen LogP contribution in [0.15, 0.2) is 60.9 Å². The highest BCUT2D eigenvalue weighted by Gasteiger charge is 2.27. The second-order valence-electron chi connectivity index (χ2n) is 7.84. The fourth-order valence-electron chi connectivity index (χ4n) is 3.70. The SMILES string of the molecule is CC(C)c1nc2cc(C(=O)Nc3ccc(OC(F)(F)Cl)cc3)cc(-c3cccnc3)c2n1C. The summed E-state index contributed by atoms with van der Waals surface area (Å²) in [5.41, 5.74) is 0.312. The van der Waals surface area contributed by atoms with Crippen LogP contribution in [0.2, 0.25) is 0 Å². The van der Waals surface area contributed by atoms with Gasteiger partial charge in [-0.25, -0.2) is 4.98 Å². The number of carbonyl (C=O) groups excluding carboxylic acids is 1. The molecule has 1 amide bonds. The van der Waals surface area contributed by atoms with Crippen LogP contribution in [0.25, 0.3) is 22.2 Å². The van der Waals surface area contributed by atoms with Gasteiger partial charge in [0.2, 0.25) is 0 Å². The molecule has 4 aromatic rings. The Bertz CT molecular complexity index is 1300. The second-order valence-corrected chi connectivity index (χ2v) is 8.28. The van der Waals surface area contributed by atoms with Gasteiger partial charge in [0.05, 0.1) is 11.0 Å². The summed E-state index contributed by atoms with van der Waals surface area (Å²) < 4.78 is 31.9. The highest BCUT2D eigenvalue weighted by atomic mass is 35.5. The quantitative estimate of drug-likeness (QED) is 0.342. The second kappa shape index (κ2) is 8.78. The Balaban J connectivity index is 1.71. The standard InChI is InChI=1S/C24H21ClF2N4O2/c1-14(2)22-30-20-12-16(11-19(21(20)31(22)3)15-5-4-10-28-13-15)23(32)29-17-6-8-18(9-7-17)33-24(25,26)27/h4-14H,1-3H3,(H,29,32). The lowest BCUT2D eigenvalue weighted by Gasteiger charge is -2.12. The number of carbonyl (C=O) groups is 1. The van der Waals surface area contributed by atoms with Crippen molar-refractivity contribution < 1.29 is 18.3 Å². The maximum atomic E-state index is 13.0. The Hall–Kier alpha value is -3.52. The number of alkyl halides is 3. The topological polar surface area (TPSA) is 69.0 Å². The predicted octanol–water partition coefficient (Wildman–Crippen LogP) is 6.18. The molecule has 4 rings (SSSR count). The first-order chi connectivity index (χ1) is 15.6. The van der Waals surface area contributed by atoms with Crippen molar-refractivity contribution in [3.8, 4) is 16.9 Å². The Morgan fingerprint density at radius 2 is 1.91 bits per heavy atom. The molecular formula is C24H21ClF2N4O2. The van der Waals surface area contributed by atoms with Crippen LogP contribution in [0.1, 0.15) is 35.9 Å². The van der Waals surface area contributed by atoms with E-state index in [1.54, 1.807) is 24.5 Å². The van der Waals surface area contributed by atoms with Gasteiger partial charge in [-0.3, -0.25) is 9.78 Å². The lowest BCUT2D eigenvalue weighted by atomic mass is 10.0. The van der Waals surface area contributed by atoms with Crippen molar-refractivity contribution in [1.82, 2.24) is 14.5 Å². The fraction of sp³-hybridized carbons (Fsp3) is 0.208. The first-order valence-electron chi connectivity index (χ1n) is 10.2. The monoisotopic (exact) mass is 470 g/mol. The normalized spacial score (nSPS) is 11.7. The van der Waals surface area contributed by atoms with E-state index in [1.807, 2.05) is 23.7 Å². The van der Waals surface area contributed by atoms with Crippen LogP contribution >= 0.6 is 11.6 Å². The molecule has 2 aromatic carbocycles. The zero-order valence-electron chi connectivity index (χ0n) is 18.1. The van der Waals surface area contributed by atoms with Crippen LogP contribution in [0, 0.1) is 0 Å². The van der Waals surface area contributed by atoms with Crippen molar-refractivity contribution in [3.63, 3.8) is 0 Å². The van der Waals surface area contributed by atoms with Gasteiger partial charge in [-0.1, -0.05) is 19.9 Å². The molecule has 0 saturated carbocycles. The number of rotatable bonds is 6. The van der Waals surface area contributed by atoms with Gasteiger partial charge in [-0.15, -0.1) is 8.78 Å². The van der Waals surface area contributed by atoms with Gasteiger partial charge in [0.1, 0.15) is 11.6 Å². The number of nitrogens with one attached hydrogen (secondary N) is 1. The molecule has 2 aromatic heterocycles. The average Bonchev–Trinajstić information content (AvgIpc) is 3.11. The summed E-state index contributed by atoms with van der Waals surface area (Å²) in [7, 11) is 1.96. The molecule has 0 unspecified atom stereocenters. The Morgan fingerprint density at radius 1 is 1.18 bits per heavy atom. The molecule has 0 radical (unpaired) electrons. The molecule has 0 spiro atoms. The van der Waals surface area contributed by atoms with Crippen LogP contribution < -0.4 is 10.1 Å². The highest BCUT2D eigenvalue weighted by Crippen LogP contribution is 2.32. The van der Waals surface area contributed by atoms with Gasteiger partial charge in [0.25, 0.3) is 5.91 Å². The third-order valence-corrected chi connectivity index (χ3v) is 5.18. The molecule has 0 bridgehead atoms. The van der Waals surface area contributed by atoms with E-state index < -0.39 is 5.57 Å². The minimum atomic E-state index is -3.81. The summed E-state index contributed by atoms with van der Waals surface area (Å²) in [4.78, 5) is 22.0. The highest BCUT2D eigenvalue weighted by molar-refractivity contribution is 6.20. The van der Waals surface area contributed by atoms with E-state index in [-0.39, 0.29) is 17.6 Å². The van der Waals surface area contributed by atoms with Crippen molar-refractivity contribution in [2.75, 3.05) is 5.32 Å². The molecule has 0 aliphatic rings. The van der Waals surface area contributed by atoms with E-state index in [2.05, 4.69) is 28.9 Å². The molecular weight excluding hydrogens is 450 g/mol.